The van der Waals surface area contributed by atoms with Crippen LogP contribution in [0.25, 0.3) is 77.7 Å². The van der Waals surface area contributed by atoms with Crippen LogP contribution in [-0.4, -0.2) is 4.57 Å². The molecule has 2 heterocycles. The summed E-state index contributed by atoms with van der Waals surface area (Å²) < 4.78 is 9.94. The number of allylic oxidation sites excluding steroid dienone is 3. The molecule has 0 saturated heterocycles. The Balaban J connectivity index is 1.08. The Hall–Kier alpha value is -7.41. The molecule has 1 aromatic heterocycles. The van der Waals surface area contributed by atoms with E-state index in [-0.39, 0.29) is 10.8 Å². The summed E-state index contributed by atoms with van der Waals surface area (Å²) in [5.41, 5.74) is 22.7. The predicted octanol–water partition coefficient (Wildman–Crippen LogP) is 15.4. The molecule has 1 atom stereocenters. The number of hydrogen-bond donors (Lipinski definition) is 0. The van der Waals surface area contributed by atoms with Crippen LogP contribution in [0.3, 0.4) is 0 Å². The highest BCUT2D eigenvalue weighted by Crippen LogP contribution is 2.65. The van der Waals surface area contributed by atoms with Crippen molar-refractivity contribution in [2.45, 2.75) is 70.8 Å². The van der Waals surface area contributed by atoms with Crippen LogP contribution in [0, 0.1) is 11.3 Å². The van der Waals surface area contributed by atoms with Gasteiger partial charge in [-0.3, -0.25) is 0 Å². The summed E-state index contributed by atoms with van der Waals surface area (Å²) in [6.45, 7) is 14.0. The van der Waals surface area contributed by atoms with E-state index in [1.165, 1.54) is 83.1 Å². The van der Waals surface area contributed by atoms with Gasteiger partial charge >= 0.3 is 0 Å². The number of benzene rings is 8. The lowest BCUT2D eigenvalue weighted by atomic mass is 9.78. The summed E-state index contributed by atoms with van der Waals surface area (Å²) in [7, 11) is 0. The number of fused-ring (bicyclic) bond motifs is 9. The topological polar surface area (TPSA) is 38.0 Å². The molecule has 312 valence electrons. The van der Waals surface area contributed by atoms with Crippen molar-refractivity contribution in [1.82, 2.24) is 4.57 Å². The average molecular weight is 837 g/mol. The zero-order chi connectivity index (χ0) is 44.1. The molecule has 1 aliphatic heterocycles. The first kappa shape index (κ1) is 38.1. The van der Waals surface area contributed by atoms with Crippen LogP contribution in [0.4, 0.5) is 0 Å². The van der Waals surface area contributed by atoms with Gasteiger partial charge in [-0.15, -0.1) is 0 Å². The molecule has 3 aliphatic carbocycles. The van der Waals surface area contributed by atoms with Gasteiger partial charge < -0.3 is 9.30 Å². The molecule has 1 spiro atoms. The zero-order valence-electron chi connectivity index (χ0n) is 37.7. The Morgan fingerprint density at radius 3 is 2.09 bits per heavy atom. The minimum absolute atomic E-state index is 0.00485. The van der Waals surface area contributed by atoms with Gasteiger partial charge in [-0.1, -0.05) is 151 Å². The van der Waals surface area contributed by atoms with Gasteiger partial charge in [0.2, 0.25) is 0 Å². The Morgan fingerprint density at radius 2 is 1.32 bits per heavy atom. The summed E-state index contributed by atoms with van der Waals surface area (Å²) in [5, 5.41) is 14.8. The first-order valence-corrected chi connectivity index (χ1v) is 23.1. The molecule has 0 saturated carbocycles. The Bertz CT molecular complexity index is 3670. The van der Waals surface area contributed by atoms with Crippen LogP contribution >= 0.6 is 0 Å². The molecule has 3 heteroatoms. The second-order valence-electron chi connectivity index (χ2n) is 20.8. The third-order valence-electron chi connectivity index (χ3n) is 14.8. The van der Waals surface area contributed by atoms with Gasteiger partial charge in [-0.2, -0.15) is 5.26 Å². The van der Waals surface area contributed by atoms with Crippen LogP contribution < -0.4 is 4.74 Å². The molecule has 65 heavy (non-hydrogen) atoms. The first-order valence-electron chi connectivity index (χ1n) is 23.1. The minimum atomic E-state index is -0.557. The number of rotatable bonds is 3. The number of aromatic nitrogens is 1. The third-order valence-corrected chi connectivity index (χ3v) is 14.8. The number of para-hydroxylation sites is 3. The molecule has 1 unspecified atom stereocenters. The second kappa shape index (κ2) is 13.1. The van der Waals surface area contributed by atoms with Gasteiger partial charge in [0.05, 0.1) is 22.7 Å². The normalized spacial score (nSPS) is 16.7. The molecular formula is C62H48N2O. The highest BCUT2D eigenvalue weighted by Gasteiger charge is 2.59. The molecule has 0 fully saturated rings. The van der Waals surface area contributed by atoms with E-state index in [1.54, 1.807) is 0 Å². The average Bonchev–Trinajstić information content (AvgIpc) is 3.90. The molecule has 8 aromatic carbocycles. The fourth-order valence-corrected chi connectivity index (χ4v) is 11.5. The molecule has 13 rings (SSSR count). The molecule has 4 aliphatic rings. The van der Waals surface area contributed by atoms with E-state index in [1.807, 2.05) is 12.1 Å². The molecule has 3 nitrogen and oxygen atoms in total. The molecule has 0 amide bonds. The van der Waals surface area contributed by atoms with Gasteiger partial charge in [-0.05, 0) is 138 Å². The quantitative estimate of drug-likeness (QED) is 0.178. The van der Waals surface area contributed by atoms with Crippen LogP contribution in [0.2, 0.25) is 0 Å². The van der Waals surface area contributed by atoms with Crippen molar-refractivity contribution in [1.29, 1.82) is 5.26 Å². The van der Waals surface area contributed by atoms with Gasteiger partial charge in [0.25, 0.3) is 0 Å². The lowest BCUT2D eigenvalue weighted by Gasteiger charge is -2.27. The van der Waals surface area contributed by atoms with Crippen LogP contribution in [0.15, 0.2) is 152 Å². The van der Waals surface area contributed by atoms with E-state index in [4.69, 9.17) is 4.74 Å². The van der Waals surface area contributed by atoms with Crippen molar-refractivity contribution in [2.24, 2.45) is 0 Å². The predicted molar refractivity (Wildman–Crippen MR) is 269 cm³/mol. The Morgan fingerprint density at radius 1 is 0.600 bits per heavy atom. The lowest BCUT2D eigenvalue weighted by Crippen LogP contribution is -2.23. The summed E-state index contributed by atoms with van der Waals surface area (Å²) in [6, 6.07) is 55.8. The minimum Gasteiger partial charge on any atom is -0.477 e. The maximum atomic E-state index is 9.94. The summed E-state index contributed by atoms with van der Waals surface area (Å²) >= 11 is 0. The van der Waals surface area contributed by atoms with E-state index < -0.39 is 5.60 Å². The van der Waals surface area contributed by atoms with E-state index >= 15 is 0 Å². The van der Waals surface area contributed by atoms with Gasteiger partial charge in [0, 0.05) is 45.1 Å². The summed E-state index contributed by atoms with van der Waals surface area (Å²) in [6.07, 6.45) is 6.59. The highest BCUT2D eigenvalue weighted by molar-refractivity contribution is 6.16. The second-order valence-corrected chi connectivity index (χ2v) is 20.8. The lowest BCUT2D eigenvalue weighted by molar-refractivity contribution is 0.161. The van der Waals surface area contributed by atoms with Crippen molar-refractivity contribution in [3.63, 3.8) is 0 Å². The highest BCUT2D eigenvalue weighted by atomic mass is 16.5. The van der Waals surface area contributed by atoms with Gasteiger partial charge in [0.1, 0.15) is 5.75 Å². The standard InChI is InChI=1S/C62H48N2O/c1-60(2,3)42-28-40(29-43(33-42)61(4,5)6)39-27-41-32-53-51(31-39)48-19-13-18-47-50-30-37(23-24-38(50)34-62(57(53)58(62)56(47)48)65-55-21-11-10-16-45(41)55)46-17-12-20-49-52-26-36(35-63)22-25-54(52)64(59(46)49)44-14-8-7-9-15-44/h7-31,33H,32,34H2,1-6H3. The largest absolute Gasteiger partial charge is 0.477 e. The van der Waals surface area contributed by atoms with Crippen LogP contribution in [0.1, 0.15) is 97.2 Å². The number of hydrogen-bond acceptors (Lipinski definition) is 2. The van der Waals surface area contributed by atoms with E-state index in [9.17, 15) is 5.26 Å². The SMILES string of the molecule is CC(C)(C)c1cc(C2=Cc3c4c5c6c7c(cccc37)-c3cc(-c7cccc8c9cc(C#N)ccc9n(-c9ccccc9)c78)ccc3CC56Oc3ccccc3C(=C2)C4)cc(C(C)(C)C)c1. The van der Waals surface area contributed by atoms with Crippen LogP contribution in [0.5, 0.6) is 5.75 Å². The monoisotopic (exact) mass is 836 g/mol. The molecule has 2 bridgehead atoms. The maximum absolute atomic E-state index is 9.94. The van der Waals surface area contributed by atoms with Crippen LogP contribution in [-0.2, 0) is 29.3 Å². The maximum Gasteiger partial charge on any atom is 0.165 e. The molecule has 9 aromatic rings. The summed E-state index contributed by atoms with van der Waals surface area (Å²) in [4.78, 5) is 0. The van der Waals surface area contributed by atoms with Gasteiger partial charge in [0.15, 0.2) is 5.60 Å². The first-order chi connectivity index (χ1) is 31.4. The van der Waals surface area contributed by atoms with E-state index in [0.29, 0.717) is 5.56 Å². The van der Waals surface area contributed by atoms with Crippen molar-refractivity contribution >= 4 is 49.8 Å². The molecule has 0 N–H and O–H groups in total. The molecular weight excluding hydrogens is 789 g/mol. The Kier molecular flexibility index (Phi) is 7.67. The zero-order valence-corrected chi connectivity index (χ0v) is 37.7. The van der Waals surface area contributed by atoms with E-state index in [0.717, 1.165) is 57.2 Å². The Labute approximate surface area is 380 Å². The van der Waals surface area contributed by atoms with Crippen molar-refractivity contribution in [3.8, 4) is 39.8 Å². The fourth-order valence-electron chi connectivity index (χ4n) is 11.5. The van der Waals surface area contributed by atoms with Gasteiger partial charge in [-0.25, -0.2) is 0 Å². The number of nitriles is 1. The third kappa shape index (κ3) is 5.47. The number of ether oxygens (including phenoxy) is 1. The smallest absolute Gasteiger partial charge is 0.165 e. The number of nitrogens with zero attached hydrogens (tertiary/aromatic N) is 2. The van der Waals surface area contributed by atoms with E-state index in [2.05, 4.69) is 198 Å². The van der Waals surface area contributed by atoms with Crippen molar-refractivity contribution < 1.29 is 4.74 Å². The fraction of sp³-hybridized carbons (Fsp3) is 0.177. The molecule has 0 radical (unpaired) electrons. The van der Waals surface area contributed by atoms with Crippen molar-refractivity contribution in [3.05, 3.63) is 207 Å². The summed E-state index contributed by atoms with van der Waals surface area (Å²) in [5.74, 6) is 0.952. The van der Waals surface area contributed by atoms with Crippen molar-refractivity contribution in [2.75, 3.05) is 0 Å².